The number of anilines is 2. The number of ether oxygens (including phenoxy) is 1. The van der Waals surface area contributed by atoms with E-state index in [1.807, 2.05) is 30.3 Å². The zero-order chi connectivity index (χ0) is 26.9. The van der Waals surface area contributed by atoms with Crippen LogP contribution in [0.3, 0.4) is 0 Å². The molecule has 3 aromatic carbocycles. The lowest BCUT2D eigenvalue weighted by Gasteiger charge is -2.36. The first-order valence-corrected chi connectivity index (χ1v) is 12.5. The predicted octanol–water partition coefficient (Wildman–Crippen LogP) is 3.52. The number of nitrogens with one attached hydrogen (secondary N) is 1. The molecular formula is C29H31FN4O4. The van der Waals surface area contributed by atoms with Gasteiger partial charge >= 0.3 is 0 Å². The van der Waals surface area contributed by atoms with E-state index in [1.54, 1.807) is 42.3 Å². The summed E-state index contributed by atoms with van der Waals surface area (Å²) in [6, 6.07) is 22.0. The van der Waals surface area contributed by atoms with Crippen LogP contribution in [0.15, 0.2) is 78.9 Å². The smallest absolute Gasteiger partial charge is 0.254 e. The summed E-state index contributed by atoms with van der Waals surface area (Å²) < 4.78 is 18.6. The van der Waals surface area contributed by atoms with Gasteiger partial charge in [0.25, 0.3) is 11.8 Å². The maximum Gasteiger partial charge on any atom is 0.254 e. The average molecular weight is 519 g/mol. The molecule has 4 rings (SSSR count). The summed E-state index contributed by atoms with van der Waals surface area (Å²) in [7, 11) is 1.55. The van der Waals surface area contributed by atoms with Crippen molar-refractivity contribution in [1.82, 2.24) is 9.80 Å². The van der Waals surface area contributed by atoms with Gasteiger partial charge in [-0.2, -0.15) is 0 Å². The quantitative estimate of drug-likeness (QED) is 0.469. The lowest BCUT2D eigenvalue weighted by molar-refractivity contribution is -0.117. The minimum atomic E-state index is -0.424. The van der Waals surface area contributed by atoms with Crippen LogP contribution >= 0.6 is 0 Å². The Kier molecular flexibility index (Phi) is 9.05. The molecule has 1 aliphatic heterocycles. The third-order valence-electron chi connectivity index (χ3n) is 6.36. The van der Waals surface area contributed by atoms with Crippen molar-refractivity contribution in [3.8, 4) is 0 Å². The van der Waals surface area contributed by atoms with E-state index in [0.717, 1.165) is 5.69 Å². The van der Waals surface area contributed by atoms with Crippen molar-refractivity contribution < 1.29 is 23.5 Å². The lowest BCUT2D eigenvalue weighted by atomic mass is 10.1. The van der Waals surface area contributed by atoms with Gasteiger partial charge in [0, 0.05) is 62.3 Å². The van der Waals surface area contributed by atoms with E-state index in [1.165, 1.54) is 23.1 Å². The van der Waals surface area contributed by atoms with Crippen molar-refractivity contribution >= 4 is 29.1 Å². The molecule has 1 heterocycles. The lowest BCUT2D eigenvalue weighted by Crippen LogP contribution is -2.48. The predicted molar refractivity (Wildman–Crippen MR) is 144 cm³/mol. The second-order valence-corrected chi connectivity index (χ2v) is 8.97. The number of benzene rings is 3. The molecule has 0 unspecified atom stereocenters. The monoisotopic (exact) mass is 518 g/mol. The van der Waals surface area contributed by atoms with Crippen LogP contribution in [-0.4, -0.2) is 80.5 Å². The highest BCUT2D eigenvalue weighted by atomic mass is 19.1. The summed E-state index contributed by atoms with van der Waals surface area (Å²) in [4.78, 5) is 43.6. The third kappa shape index (κ3) is 6.95. The highest BCUT2D eigenvalue weighted by molar-refractivity contribution is 5.99. The van der Waals surface area contributed by atoms with Gasteiger partial charge in [-0.1, -0.05) is 24.3 Å². The first-order valence-electron chi connectivity index (χ1n) is 12.5. The van der Waals surface area contributed by atoms with E-state index in [9.17, 15) is 18.8 Å². The van der Waals surface area contributed by atoms with Crippen molar-refractivity contribution in [2.24, 2.45) is 0 Å². The molecule has 0 spiro atoms. The molecule has 0 saturated carbocycles. The summed E-state index contributed by atoms with van der Waals surface area (Å²) in [5.41, 5.74) is 2.46. The van der Waals surface area contributed by atoms with Crippen LogP contribution in [0.4, 0.5) is 15.8 Å². The molecular weight excluding hydrogens is 487 g/mol. The van der Waals surface area contributed by atoms with E-state index in [0.29, 0.717) is 56.1 Å². The average Bonchev–Trinajstić information content (AvgIpc) is 2.95. The van der Waals surface area contributed by atoms with Gasteiger partial charge in [-0.25, -0.2) is 4.39 Å². The Morgan fingerprint density at radius 2 is 1.58 bits per heavy atom. The van der Waals surface area contributed by atoms with E-state index in [4.69, 9.17) is 4.74 Å². The fourth-order valence-electron chi connectivity index (χ4n) is 4.32. The first-order chi connectivity index (χ1) is 18.4. The maximum absolute atomic E-state index is 13.5. The number of nitrogens with zero attached hydrogens (tertiary/aromatic N) is 3. The van der Waals surface area contributed by atoms with E-state index in [-0.39, 0.29) is 24.3 Å². The van der Waals surface area contributed by atoms with Crippen LogP contribution in [0.1, 0.15) is 20.7 Å². The van der Waals surface area contributed by atoms with Gasteiger partial charge < -0.3 is 24.8 Å². The largest absolute Gasteiger partial charge is 0.383 e. The molecule has 1 saturated heterocycles. The van der Waals surface area contributed by atoms with E-state index >= 15 is 0 Å². The molecule has 0 radical (unpaired) electrons. The molecule has 198 valence electrons. The Morgan fingerprint density at radius 1 is 0.895 bits per heavy atom. The minimum Gasteiger partial charge on any atom is -0.383 e. The number of carbonyl (C=O) groups is 3. The second-order valence-electron chi connectivity index (χ2n) is 8.97. The summed E-state index contributed by atoms with van der Waals surface area (Å²) in [5, 5.41) is 2.85. The Balaban J connectivity index is 1.30. The molecule has 8 nitrogen and oxygen atoms in total. The third-order valence-corrected chi connectivity index (χ3v) is 6.36. The fraction of sp³-hybridized carbons (Fsp3) is 0.276. The van der Waals surface area contributed by atoms with Crippen LogP contribution in [0.5, 0.6) is 0 Å². The minimum absolute atomic E-state index is 0.0971. The van der Waals surface area contributed by atoms with Crippen LogP contribution in [0.25, 0.3) is 0 Å². The van der Waals surface area contributed by atoms with Gasteiger partial charge in [0.2, 0.25) is 5.91 Å². The normalized spacial score (nSPS) is 13.2. The SMILES string of the molecule is COCCN(CC(=O)Nc1ccc(N2CCN(C(=O)c3cccc(F)c3)CC2)cc1)C(=O)c1ccccc1. The van der Waals surface area contributed by atoms with Crippen LogP contribution < -0.4 is 10.2 Å². The number of carbonyl (C=O) groups excluding carboxylic acids is 3. The summed E-state index contributed by atoms with van der Waals surface area (Å²) in [6.07, 6.45) is 0. The molecule has 3 amide bonds. The molecule has 1 N–H and O–H groups in total. The molecule has 9 heteroatoms. The first kappa shape index (κ1) is 26.8. The van der Waals surface area contributed by atoms with Crippen LogP contribution in [0.2, 0.25) is 0 Å². The van der Waals surface area contributed by atoms with E-state index in [2.05, 4.69) is 10.2 Å². The van der Waals surface area contributed by atoms with Gasteiger partial charge in [-0.05, 0) is 54.6 Å². The molecule has 0 atom stereocenters. The fourth-order valence-corrected chi connectivity index (χ4v) is 4.32. The van der Waals surface area contributed by atoms with Gasteiger partial charge in [0.05, 0.1) is 6.61 Å². The van der Waals surface area contributed by atoms with E-state index < -0.39 is 5.82 Å². The molecule has 0 aromatic heterocycles. The summed E-state index contributed by atoms with van der Waals surface area (Å²) in [6.45, 7) is 2.86. The van der Waals surface area contributed by atoms with Gasteiger partial charge in [-0.15, -0.1) is 0 Å². The number of piperazine rings is 1. The molecule has 38 heavy (non-hydrogen) atoms. The zero-order valence-electron chi connectivity index (χ0n) is 21.3. The van der Waals surface area contributed by atoms with Crippen LogP contribution in [0, 0.1) is 5.82 Å². The Morgan fingerprint density at radius 3 is 2.24 bits per heavy atom. The van der Waals surface area contributed by atoms with Crippen molar-refractivity contribution in [3.05, 3.63) is 95.8 Å². The number of methoxy groups -OCH3 is 1. The second kappa shape index (κ2) is 12.8. The zero-order valence-corrected chi connectivity index (χ0v) is 21.3. The number of amides is 3. The van der Waals surface area contributed by atoms with Crippen molar-refractivity contribution in [3.63, 3.8) is 0 Å². The van der Waals surface area contributed by atoms with Crippen molar-refractivity contribution in [2.75, 3.05) is 63.2 Å². The summed E-state index contributed by atoms with van der Waals surface area (Å²) in [5.74, 6) is -1.13. The molecule has 1 fully saturated rings. The topological polar surface area (TPSA) is 82.2 Å². The standard InChI is InChI=1S/C29H31FN4O4/c1-38-19-18-34(28(36)22-6-3-2-4-7-22)21-27(35)31-25-10-12-26(13-11-25)32-14-16-33(17-15-32)29(37)23-8-5-9-24(30)20-23/h2-13,20H,14-19,21H2,1H3,(H,31,35). The van der Waals surface area contributed by atoms with Crippen LogP contribution in [-0.2, 0) is 9.53 Å². The molecule has 0 bridgehead atoms. The number of halogens is 1. The Bertz CT molecular complexity index is 1240. The number of hydrogen-bond acceptors (Lipinski definition) is 5. The van der Waals surface area contributed by atoms with Gasteiger partial charge in [-0.3, -0.25) is 14.4 Å². The molecule has 0 aliphatic carbocycles. The molecule has 1 aliphatic rings. The Hall–Kier alpha value is -4.24. The van der Waals surface area contributed by atoms with Gasteiger partial charge in [0.1, 0.15) is 12.4 Å². The van der Waals surface area contributed by atoms with Crippen molar-refractivity contribution in [2.45, 2.75) is 0 Å². The molecule has 3 aromatic rings. The highest BCUT2D eigenvalue weighted by Crippen LogP contribution is 2.20. The maximum atomic E-state index is 13.5. The van der Waals surface area contributed by atoms with Gasteiger partial charge in [0.15, 0.2) is 0 Å². The highest BCUT2D eigenvalue weighted by Gasteiger charge is 2.23. The number of hydrogen-bond donors (Lipinski definition) is 1. The summed E-state index contributed by atoms with van der Waals surface area (Å²) >= 11 is 0. The Labute approximate surface area is 221 Å². The van der Waals surface area contributed by atoms with Crippen molar-refractivity contribution in [1.29, 1.82) is 0 Å². The number of rotatable bonds is 9.